The average Bonchev–Trinajstić information content (AvgIpc) is 2.68. The number of methoxy groups -OCH3 is 1. The molecule has 0 aliphatic rings. The summed E-state index contributed by atoms with van der Waals surface area (Å²) >= 11 is 5.69. The lowest BCUT2D eigenvalue weighted by Gasteiger charge is -2.06. The maximum absolute atomic E-state index is 13.2. The first-order chi connectivity index (χ1) is 8.65. The van der Waals surface area contributed by atoms with Crippen molar-refractivity contribution in [2.45, 2.75) is 13.0 Å². The van der Waals surface area contributed by atoms with E-state index in [9.17, 15) is 9.18 Å². The summed E-state index contributed by atoms with van der Waals surface area (Å²) in [5, 5.41) is 0. The van der Waals surface area contributed by atoms with Crippen LogP contribution in [0.1, 0.15) is 5.82 Å². The Hall–Kier alpha value is -1.62. The molecule has 0 unspecified atom stereocenters. The van der Waals surface area contributed by atoms with Crippen LogP contribution in [0.25, 0.3) is 11.0 Å². The van der Waals surface area contributed by atoms with E-state index in [0.717, 1.165) is 0 Å². The number of esters is 1. The van der Waals surface area contributed by atoms with Crippen molar-refractivity contribution in [3.05, 3.63) is 29.8 Å². The Morgan fingerprint density at radius 1 is 1.56 bits per heavy atom. The first-order valence-corrected chi connectivity index (χ1v) is 5.96. The molecule has 0 saturated carbocycles. The summed E-state index contributed by atoms with van der Waals surface area (Å²) in [5.74, 6) is 0.254. The van der Waals surface area contributed by atoms with Crippen molar-refractivity contribution in [1.29, 1.82) is 0 Å². The second kappa shape index (κ2) is 5.35. The molecule has 2 rings (SSSR count). The first kappa shape index (κ1) is 12.8. The van der Waals surface area contributed by atoms with Gasteiger partial charge in [0, 0.05) is 12.3 Å². The predicted octanol–water partition coefficient (Wildman–Crippen LogP) is 2.13. The summed E-state index contributed by atoms with van der Waals surface area (Å²) in [5.41, 5.74) is 1.21. The standard InChI is InChI=1S/C12H12ClFN2O2/c1-18-12(17)7-16-10-6-8(14)2-3-9(10)15-11(16)4-5-13/h2-3,6H,4-5,7H2,1H3. The van der Waals surface area contributed by atoms with Crippen LogP contribution >= 0.6 is 11.6 Å². The van der Waals surface area contributed by atoms with Crippen LogP contribution in [0.2, 0.25) is 0 Å². The molecule has 0 atom stereocenters. The monoisotopic (exact) mass is 270 g/mol. The smallest absolute Gasteiger partial charge is 0.325 e. The van der Waals surface area contributed by atoms with Gasteiger partial charge in [-0.3, -0.25) is 4.79 Å². The number of rotatable bonds is 4. The third kappa shape index (κ3) is 2.46. The van der Waals surface area contributed by atoms with Gasteiger partial charge in [0.15, 0.2) is 0 Å². The van der Waals surface area contributed by atoms with Crippen LogP contribution in [0.5, 0.6) is 0 Å². The number of carbonyl (C=O) groups is 1. The summed E-state index contributed by atoms with van der Waals surface area (Å²) in [7, 11) is 1.31. The third-order valence-corrected chi connectivity index (χ3v) is 2.81. The van der Waals surface area contributed by atoms with Gasteiger partial charge in [-0.15, -0.1) is 11.6 Å². The Morgan fingerprint density at radius 2 is 2.33 bits per heavy atom. The number of carbonyl (C=O) groups excluding carboxylic acids is 1. The molecule has 0 bridgehead atoms. The Morgan fingerprint density at radius 3 is 3.00 bits per heavy atom. The van der Waals surface area contributed by atoms with Crippen LogP contribution in [-0.2, 0) is 22.5 Å². The highest BCUT2D eigenvalue weighted by atomic mass is 35.5. The van der Waals surface area contributed by atoms with Gasteiger partial charge in [0.1, 0.15) is 18.2 Å². The molecule has 2 aromatic rings. The lowest BCUT2D eigenvalue weighted by molar-refractivity contribution is -0.141. The maximum Gasteiger partial charge on any atom is 0.325 e. The summed E-state index contributed by atoms with van der Waals surface area (Å²) < 4.78 is 19.5. The number of hydrogen-bond acceptors (Lipinski definition) is 3. The van der Waals surface area contributed by atoms with Gasteiger partial charge in [-0.05, 0) is 18.2 Å². The van der Waals surface area contributed by atoms with Crippen molar-refractivity contribution in [2.24, 2.45) is 0 Å². The first-order valence-electron chi connectivity index (χ1n) is 5.43. The second-order valence-corrected chi connectivity index (χ2v) is 4.14. The Kier molecular flexibility index (Phi) is 3.81. The number of halogens is 2. The molecule has 18 heavy (non-hydrogen) atoms. The minimum absolute atomic E-state index is 0.00265. The van der Waals surface area contributed by atoms with Gasteiger partial charge in [0.05, 0.1) is 18.1 Å². The molecule has 1 aromatic heterocycles. The number of fused-ring (bicyclic) bond motifs is 1. The molecule has 0 amide bonds. The van der Waals surface area contributed by atoms with Crippen LogP contribution in [-0.4, -0.2) is 28.5 Å². The fraction of sp³-hybridized carbons (Fsp3) is 0.333. The van der Waals surface area contributed by atoms with E-state index in [0.29, 0.717) is 29.2 Å². The number of imidazole rings is 1. The van der Waals surface area contributed by atoms with Crippen molar-refractivity contribution in [3.8, 4) is 0 Å². The van der Waals surface area contributed by atoms with Crippen LogP contribution in [0, 0.1) is 5.82 Å². The molecule has 4 nitrogen and oxygen atoms in total. The summed E-state index contributed by atoms with van der Waals surface area (Å²) in [6, 6.07) is 4.27. The zero-order valence-electron chi connectivity index (χ0n) is 9.82. The molecule has 96 valence electrons. The molecule has 6 heteroatoms. The number of aryl methyl sites for hydroxylation is 1. The molecule has 0 saturated heterocycles. The van der Waals surface area contributed by atoms with Gasteiger partial charge in [0.25, 0.3) is 0 Å². The van der Waals surface area contributed by atoms with Crippen LogP contribution in [0.4, 0.5) is 4.39 Å². The molecule has 0 aliphatic heterocycles. The number of hydrogen-bond donors (Lipinski definition) is 0. The normalized spacial score (nSPS) is 10.8. The fourth-order valence-corrected chi connectivity index (χ4v) is 1.96. The number of alkyl halides is 1. The van der Waals surface area contributed by atoms with Gasteiger partial charge >= 0.3 is 5.97 Å². The van der Waals surface area contributed by atoms with Crippen molar-refractivity contribution in [1.82, 2.24) is 9.55 Å². The SMILES string of the molecule is COC(=O)Cn1c(CCCl)nc2ccc(F)cc21. The maximum atomic E-state index is 13.2. The molecule has 0 radical (unpaired) electrons. The molecule has 0 aliphatic carbocycles. The lowest BCUT2D eigenvalue weighted by atomic mass is 10.3. The minimum atomic E-state index is -0.408. The molecular formula is C12H12ClFN2O2. The molecule has 1 aromatic carbocycles. The highest BCUT2D eigenvalue weighted by Crippen LogP contribution is 2.18. The third-order valence-electron chi connectivity index (χ3n) is 2.62. The van der Waals surface area contributed by atoms with Crippen molar-refractivity contribution >= 4 is 28.6 Å². The van der Waals surface area contributed by atoms with E-state index in [2.05, 4.69) is 9.72 Å². The van der Waals surface area contributed by atoms with E-state index in [-0.39, 0.29) is 12.4 Å². The lowest BCUT2D eigenvalue weighted by Crippen LogP contribution is -2.14. The van der Waals surface area contributed by atoms with E-state index < -0.39 is 5.97 Å². The number of benzene rings is 1. The van der Waals surface area contributed by atoms with Crippen LogP contribution in [0.15, 0.2) is 18.2 Å². The second-order valence-electron chi connectivity index (χ2n) is 3.76. The van der Waals surface area contributed by atoms with Crippen LogP contribution in [0.3, 0.4) is 0 Å². The molecular weight excluding hydrogens is 259 g/mol. The minimum Gasteiger partial charge on any atom is -0.468 e. The van der Waals surface area contributed by atoms with Gasteiger partial charge in [-0.1, -0.05) is 0 Å². The van der Waals surface area contributed by atoms with Crippen molar-refractivity contribution < 1.29 is 13.9 Å². The topological polar surface area (TPSA) is 44.1 Å². The quantitative estimate of drug-likeness (QED) is 0.631. The zero-order valence-corrected chi connectivity index (χ0v) is 10.6. The fourth-order valence-electron chi connectivity index (χ4n) is 1.79. The van der Waals surface area contributed by atoms with Crippen molar-refractivity contribution in [3.63, 3.8) is 0 Å². The van der Waals surface area contributed by atoms with Gasteiger partial charge in [-0.2, -0.15) is 0 Å². The molecule has 0 N–H and O–H groups in total. The summed E-state index contributed by atoms with van der Waals surface area (Å²) in [6.07, 6.45) is 0.509. The Labute approximate surface area is 108 Å². The Balaban J connectivity index is 2.53. The largest absolute Gasteiger partial charge is 0.468 e. The van der Waals surface area contributed by atoms with Gasteiger partial charge < -0.3 is 9.30 Å². The van der Waals surface area contributed by atoms with E-state index in [1.807, 2.05) is 0 Å². The zero-order chi connectivity index (χ0) is 13.1. The van der Waals surface area contributed by atoms with Crippen molar-refractivity contribution in [2.75, 3.05) is 13.0 Å². The van der Waals surface area contributed by atoms with Gasteiger partial charge in [0.2, 0.25) is 0 Å². The summed E-state index contributed by atoms with van der Waals surface area (Å²) in [4.78, 5) is 15.7. The average molecular weight is 271 g/mol. The highest BCUT2D eigenvalue weighted by molar-refractivity contribution is 6.17. The highest BCUT2D eigenvalue weighted by Gasteiger charge is 2.14. The van der Waals surface area contributed by atoms with E-state index in [4.69, 9.17) is 11.6 Å². The summed E-state index contributed by atoms with van der Waals surface area (Å²) in [6.45, 7) is 0.00265. The molecule has 0 fully saturated rings. The molecule has 0 spiro atoms. The van der Waals surface area contributed by atoms with Gasteiger partial charge in [-0.25, -0.2) is 9.37 Å². The van der Waals surface area contributed by atoms with E-state index in [1.165, 1.54) is 19.2 Å². The van der Waals surface area contributed by atoms with Crippen LogP contribution < -0.4 is 0 Å². The predicted molar refractivity (Wildman–Crippen MR) is 66.1 cm³/mol. The van der Waals surface area contributed by atoms with E-state index in [1.54, 1.807) is 10.6 Å². The number of aromatic nitrogens is 2. The van der Waals surface area contributed by atoms with E-state index >= 15 is 0 Å². The Bertz CT molecular complexity index is 583. The number of nitrogens with zero attached hydrogens (tertiary/aromatic N) is 2. The number of ether oxygens (including phenoxy) is 1. The molecule has 1 heterocycles.